The van der Waals surface area contributed by atoms with Crippen LogP contribution in [0.25, 0.3) is 82.7 Å². The fourth-order valence-corrected chi connectivity index (χ4v) is 9.11. The molecule has 1 N–H and O–H groups in total. The van der Waals surface area contributed by atoms with Crippen molar-refractivity contribution < 1.29 is 8.83 Å². The number of anilines is 2. The molecule has 0 aliphatic carbocycles. The van der Waals surface area contributed by atoms with Gasteiger partial charge in [-0.05, 0) is 93.1 Å². The van der Waals surface area contributed by atoms with E-state index in [1.807, 2.05) is 12.3 Å². The van der Waals surface area contributed by atoms with Crippen molar-refractivity contribution in [2.45, 2.75) is 52.4 Å². The second kappa shape index (κ2) is 12.0. The largest absolute Gasteiger partial charge is 0.464 e. The van der Waals surface area contributed by atoms with Gasteiger partial charge in [-0.15, -0.1) is 0 Å². The normalized spacial score (nSPS) is 12.9. The van der Waals surface area contributed by atoms with Crippen LogP contribution in [0.4, 0.5) is 11.4 Å². The Bertz CT molecular complexity index is 3240. The number of rotatable bonds is 4. The van der Waals surface area contributed by atoms with Gasteiger partial charge in [-0.2, -0.15) is 0 Å². The van der Waals surface area contributed by atoms with Gasteiger partial charge in [0.05, 0.1) is 11.8 Å². The molecule has 0 atom stereocenters. The van der Waals surface area contributed by atoms with Crippen molar-refractivity contribution in [3.8, 4) is 27.9 Å². The molecule has 57 heavy (non-hydrogen) atoms. The highest BCUT2D eigenvalue weighted by Crippen LogP contribution is 2.43. The third-order valence-corrected chi connectivity index (χ3v) is 12.2. The SMILES string of the molecule is CC(C)(C)c1ccc(Nc2ccc(C(C)(C)C)cc2-c2ccc3c4cc5oc6ccccc6c5cc4n4c3c2Bc2cc3occ(-c5ccccc5)c3cc2-4)cc1. The molecular formula is C52H43BN2O2. The van der Waals surface area contributed by atoms with E-state index >= 15 is 0 Å². The van der Waals surface area contributed by atoms with Gasteiger partial charge >= 0.3 is 0 Å². The summed E-state index contributed by atoms with van der Waals surface area (Å²) in [6.45, 7) is 13.7. The van der Waals surface area contributed by atoms with E-state index in [0.29, 0.717) is 0 Å². The molecule has 5 heteroatoms. The second-order valence-corrected chi connectivity index (χ2v) is 17.9. The van der Waals surface area contributed by atoms with Crippen molar-refractivity contribution in [1.82, 2.24) is 4.57 Å². The summed E-state index contributed by atoms with van der Waals surface area (Å²) in [5.74, 6) is 0. The Morgan fingerprint density at radius 1 is 0.544 bits per heavy atom. The van der Waals surface area contributed by atoms with Crippen molar-refractivity contribution in [3.63, 3.8) is 0 Å². The zero-order valence-electron chi connectivity index (χ0n) is 33.2. The average Bonchev–Trinajstić information content (AvgIpc) is 3.88. The molecule has 0 radical (unpaired) electrons. The maximum Gasteiger partial charge on any atom is 0.198 e. The monoisotopic (exact) mass is 738 g/mol. The number of aromatic nitrogens is 1. The average molecular weight is 739 g/mol. The second-order valence-electron chi connectivity index (χ2n) is 17.9. The molecule has 0 fully saturated rings. The number of para-hydroxylation sites is 1. The molecule has 3 aromatic heterocycles. The number of nitrogens with one attached hydrogen (secondary N) is 1. The van der Waals surface area contributed by atoms with Crippen LogP contribution in [0.3, 0.4) is 0 Å². The summed E-state index contributed by atoms with van der Waals surface area (Å²) in [7, 11) is 0.772. The van der Waals surface area contributed by atoms with Gasteiger partial charge in [0.2, 0.25) is 0 Å². The highest BCUT2D eigenvalue weighted by molar-refractivity contribution is 6.73. The predicted molar refractivity (Wildman–Crippen MR) is 242 cm³/mol. The lowest BCUT2D eigenvalue weighted by molar-refractivity contribution is 0.590. The van der Waals surface area contributed by atoms with Gasteiger partial charge in [0.25, 0.3) is 0 Å². The lowest BCUT2D eigenvalue weighted by atomic mass is 9.59. The highest BCUT2D eigenvalue weighted by Gasteiger charge is 2.29. The minimum absolute atomic E-state index is 0.0251. The molecule has 1 aliphatic rings. The Hall–Kier alpha value is -6.46. The van der Waals surface area contributed by atoms with Gasteiger partial charge in [0, 0.05) is 60.6 Å². The summed E-state index contributed by atoms with van der Waals surface area (Å²) >= 11 is 0. The summed E-state index contributed by atoms with van der Waals surface area (Å²) < 4.78 is 15.4. The van der Waals surface area contributed by atoms with Crippen LogP contribution >= 0.6 is 0 Å². The van der Waals surface area contributed by atoms with E-state index in [4.69, 9.17) is 8.83 Å². The molecule has 1 aliphatic heterocycles. The van der Waals surface area contributed by atoms with Gasteiger partial charge in [-0.25, -0.2) is 0 Å². The summed E-state index contributed by atoms with van der Waals surface area (Å²) in [4.78, 5) is 0. The van der Waals surface area contributed by atoms with Crippen LogP contribution in [0, 0.1) is 0 Å². The summed E-state index contributed by atoms with van der Waals surface area (Å²) in [6, 6.07) is 48.7. The van der Waals surface area contributed by atoms with Crippen molar-refractivity contribution in [2.24, 2.45) is 0 Å². The summed E-state index contributed by atoms with van der Waals surface area (Å²) in [5.41, 5.74) is 18.4. The van der Waals surface area contributed by atoms with Crippen LogP contribution < -0.4 is 16.2 Å². The third-order valence-electron chi connectivity index (χ3n) is 12.2. The molecule has 10 aromatic rings. The molecule has 0 spiro atoms. The van der Waals surface area contributed by atoms with Crippen LogP contribution in [0.1, 0.15) is 52.7 Å². The lowest BCUT2D eigenvalue weighted by Crippen LogP contribution is -2.37. The number of hydrogen-bond acceptors (Lipinski definition) is 3. The zero-order chi connectivity index (χ0) is 38.8. The van der Waals surface area contributed by atoms with Crippen LogP contribution in [0.5, 0.6) is 0 Å². The minimum atomic E-state index is -0.0251. The number of fused-ring (bicyclic) bond motifs is 9. The molecular weight excluding hydrogens is 695 g/mol. The Morgan fingerprint density at radius 2 is 1.30 bits per heavy atom. The van der Waals surface area contributed by atoms with Gasteiger partial charge < -0.3 is 18.7 Å². The van der Waals surface area contributed by atoms with Crippen molar-refractivity contribution >= 4 is 84.3 Å². The van der Waals surface area contributed by atoms with E-state index in [-0.39, 0.29) is 10.8 Å². The van der Waals surface area contributed by atoms with Gasteiger partial charge in [0.15, 0.2) is 7.28 Å². The molecule has 0 unspecified atom stereocenters. The van der Waals surface area contributed by atoms with E-state index in [1.54, 1.807) is 0 Å². The van der Waals surface area contributed by atoms with Crippen LogP contribution in [0.2, 0.25) is 0 Å². The standard InChI is InChI=1S/C52H43BN2O2/c1-51(2,3)31-16-19-33(20-17-31)54-43-23-18-32(52(4,5)6)24-37(43)35-21-22-36-38-27-48-39(34-14-10-11-15-46(34)57-48)25-44(38)55-45-26-40-41(30-12-8-7-9-13-30)29-56-47(40)28-42(45)53-49(35)50(36)55/h7-29,53-54H,1-6H3. The number of furan rings is 2. The first-order valence-corrected chi connectivity index (χ1v) is 20.0. The van der Waals surface area contributed by atoms with E-state index in [9.17, 15) is 0 Å². The number of hydrogen-bond donors (Lipinski definition) is 1. The topological polar surface area (TPSA) is 43.2 Å². The van der Waals surface area contributed by atoms with E-state index in [2.05, 4.69) is 179 Å². The first kappa shape index (κ1) is 33.8. The first-order valence-electron chi connectivity index (χ1n) is 20.0. The first-order chi connectivity index (χ1) is 27.5. The van der Waals surface area contributed by atoms with Crippen molar-refractivity contribution in [2.75, 3.05) is 5.32 Å². The van der Waals surface area contributed by atoms with Gasteiger partial charge in [0.1, 0.15) is 16.7 Å². The molecule has 276 valence electrons. The molecule has 11 rings (SSSR count). The van der Waals surface area contributed by atoms with Gasteiger partial charge in [-0.3, -0.25) is 0 Å². The Kier molecular flexibility index (Phi) is 7.14. The van der Waals surface area contributed by atoms with Gasteiger partial charge in [-0.1, -0.05) is 126 Å². The lowest BCUT2D eigenvalue weighted by Gasteiger charge is -2.26. The Labute approximate surface area is 333 Å². The predicted octanol–water partition coefficient (Wildman–Crippen LogP) is 12.8. The van der Waals surface area contributed by atoms with Crippen LogP contribution in [0.15, 0.2) is 149 Å². The fourth-order valence-electron chi connectivity index (χ4n) is 9.11. The maximum atomic E-state index is 6.49. The molecule has 0 amide bonds. The van der Waals surface area contributed by atoms with Crippen molar-refractivity contribution in [3.05, 3.63) is 151 Å². The maximum absolute atomic E-state index is 6.49. The zero-order valence-corrected chi connectivity index (χ0v) is 33.2. The van der Waals surface area contributed by atoms with E-state index in [0.717, 1.165) is 62.7 Å². The Balaban J connectivity index is 1.19. The molecule has 4 nitrogen and oxygen atoms in total. The minimum Gasteiger partial charge on any atom is -0.464 e. The fraction of sp³-hybridized carbons (Fsp3) is 0.154. The van der Waals surface area contributed by atoms with Crippen LogP contribution in [-0.4, -0.2) is 11.8 Å². The number of nitrogens with zero attached hydrogens (tertiary/aromatic N) is 1. The molecule has 0 bridgehead atoms. The summed E-state index contributed by atoms with van der Waals surface area (Å²) in [5, 5.41) is 9.64. The van der Waals surface area contributed by atoms with Crippen molar-refractivity contribution in [1.29, 1.82) is 0 Å². The highest BCUT2D eigenvalue weighted by atomic mass is 16.3. The van der Waals surface area contributed by atoms with E-state index in [1.165, 1.54) is 60.7 Å². The number of benzene rings is 7. The summed E-state index contributed by atoms with van der Waals surface area (Å²) in [6.07, 6.45) is 1.92. The third kappa shape index (κ3) is 5.29. The smallest absolute Gasteiger partial charge is 0.198 e. The molecule has 7 aromatic carbocycles. The van der Waals surface area contributed by atoms with E-state index < -0.39 is 0 Å². The quantitative estimate of drug-likeness (QED) is 0.183. The Morgan fingerprint density at radius 3 is 2.09 bits per heavy atom. The van der Waals surface area contributed by atoms with Crippen LogP contribution in [-0.2, 0) is 10.8 Å². The molecule has 4 heterocycles. The molecule has 0 saturated carbocycles. The molecule has 0 saturated heterocycles.